The van der Waals surface area contributed by atoms with Crippen molar-refractivity contribution in [3.8, 4) is 11.1 Å². The maximum atomic E-state index is 2.49. The fourth-order valence-corrected chi connectivity index (χ4v) is 7.08. The molecule has 0 bridgehead atoms. The van der Waals surface area contributed by atoms with Gasteiger partial charge >= 0.3 is 0 Å². The highest BCUT2D eigenvalue weighted by atomic mass is 79.9. The standard InChI is InChI=1S/C38H48N4.2BrH/c1-39-23-7-13-37(39)35-11-5-27-41(29-35)25-3-9-31-15-19-33(20-16-31)34-21-17-32(18-22-34)10-4-26-42-28-6-12-36(30-42)38-14-8-24-40(38)2;;/h5-6,11-12,15-22,27-30,37-38H,3-4,7-10,13-14,23-26H2,1-2H3;2*1H/q+2;;/p-2. The third-order valence-corrected chi connectivity index (χ3v) is 9.58. The number of likely N-dealkylation sites (tertiary alicyclic amines) is 2. The first-order valence-electron chi connectivity index (χ1n) is 16.2. The summed E-state index contributed by atoms with van der Waals surface area (Å²) in [6.07, 6.45) is 18.9. The van der Waals surface area contributed by atoms with Gasteiger partial charge in [0.1, 0.15) is 13.1 Å². The van der Waals surface area contributed by atoms with E-state index in [1.165, 1.54) is 72.2 Å². The second-order valence-electron chi connectivity index (χ2n) is 12.6. The lowest BCUT2D eigenvalue weighted by Crippen LogP contribution is -3.00. The number of aromatic nitrogens is 2. The van der Waals surface area contributed by atoms with E-state index in [0.717, 1.165) is 38.8 Å². The minimum atomic E-state index is 0. The summed E-state index contributed by atoms with van der Waals surface area (Å²) in [5.74, 6) is 0. The highest BCUT2D eigenvalue weighted by Crippen LogP contribution is 2.30. The van der Waals surface area contributed by atoms with E-state index in [9.17, 15) is 0 Å². The number of benzene rings is 2. The first-order valence-corrected chi connectivity index (χ1v) is 16.2. The first-order chi connectivity index (χ1) is 20.6. The molecule has 0 aliphatic carbocycles. The Morgan fingerprint density at radius 1 is 0.591 bits per heavy atom. The lowest BCUT2D eigenvalue weighted by atomic mass is 10.00. The highest BCUT2D eigenvalue weighted by molar-refractivity contribution is 5.64. The molecule has 4 aromatic rings. The van der Waals surface area contributed by atoms with Gasteiger partial charge in [-0.2, -0.15) is 0 Å². The Labute approximate surface area is 286 Å². The van der Waals surface area contributed by atoms with Crippen molar-refractivity contribution in [2.24, 2.45) is 0 Å². The summed E-state index contributed by atoms with van der Waals surface area (Å²) in [7, 11) is 4.51. The maximum absolute atomic E-state index is 2.49. The Bertz CT molecular complexity index is 1330. The fraction of sp³-hybridized carbons (Fsp3) is 0.421. The lowest BCUT2D eigenvalue weighted by molar-refractivity contribution is -0.697. The molecule has 0 saturated carbocycles. The van der Waals surface area contributed by atoms with E-state index >= 15 is 0 Å². The molecule has 4 heterocycles. The van der Waals surface area contributed by atoms with Crippen molar-refractivity contribution in [3.05, 3.63) is 120 Å². The Balaban J connectivity index is 0.00000221. The number of pyridine rings is 2. The molecule has 0 radical (unpaired) electrons. The number of rotatable bonds is 11. The molecule has 0 N–H and O–H groups in total. The van der Waals surface area contributed by atoms with Gasteiger partial charge in [0.25, 0.3) is 0 Å². The van der Waals surface area contributed by atoms with Crippen LogP contribution in [-0.4, -0.2) is 37.0 Å². The van der Waals surface area contributed by atoms with Gasteiger partial charge in [-0.3, -0.25) is 9.80 Å². The van der Waals surface area contributed by atoms with Crippen LogP contribution >= 0.6 is 0 Å². The van der Waals surface area contributed by atoms with Crippen LogP contribution in [0.1, 0.15) is 72.9 Å². The molecular formula is C38H48Br2N4. The Hall–Kier alpha value is -2.38. The average Bonchev–Trinajstić information content (AvgIpc) is 3.66. The summed E-state index contributed by atoms with van der Waals surface area (Å²) in [6, 6.07) is 28.6. The number of hydrogen-bond acceptors (Lipinski definition) is 2. The molecule has 2 aliphatic heterocycles. The summed E-state index contributed by atoms with van der Waals surface area (Å²) < 4.78 is 4.75. The molecule has 2 atom stereocenters. The topological polar surface area (TPSA) is 14.2 Å². The van der Waals surface area contributed by atoms with Gasteiger partial charge in [-0.25, -0.2) is 9.13 Å². The van der Waals surface area contributed by atoms with E-state index in [-0.39, 0.29) is 34.0 Å². The summed E-state index contributed by atoms with van der Waals surface area (Å²) in [4.78, 5) is 4.98. The molecule has 0 amide bonds. The van der Waals surface area contributed by atoms with Gasteiger partial charge in [0.2, 0.25) is 0 Å². The van der Waals surface area contributed by atoms with Crippen LogP contribution in [0, 0.1) is 0 Å². The molecule has 44 heavy (non-hydrogen) atoms. The highest BCUT2D eigenvalue weighted by Gasteiger charge is 2.25. The Kier molecular flexibility index (Phi) is 13.2. The lowest BCUT2D eigenvalue weighted by Gasteiger charge is -2.18. The molecule has 6 heteroatoms. The SMILES string of the molecule is CN1CCCC1c1ccc[n+](CCCc2ccc(-c3ccc(CCC[n+]4cccc(C5CCCN5C)c4)cc3)cc2)c1.[Br-].[Br-]. The molecule has 2 aliphatic rings. The molecule has 2 saturated heterocycles. The largest absolute Gasteiger partial charge is 1.00 e. The first kappa shape index (κ1) is 34.5. The summed E-state index contributed by atoms with van der Waals surface area (Å²) >= 11 is 0. The molecule has 234 valence electrons. The van der Waals surface area contributed by atoms with Gasteiger partial charge < -0.3 is 34.0 Å². The third-order valence-electron chi connectivity index (χ3n) is 9.58. The quantitative estimate of drug-likeness (QED) is 0.213. The van der Waals surface area contributed by atoms with Crippen LogP contribution in [0.2, 0.25) is 0 Å². The van der Waals surface area contributed by atoms with E-state index < -0.39 is 0 Å². The zero-order chi connectivity index (χ0) is 28.7. The zero-order valence-corrected chi connectivity index (χ0v) is 29.6. The normalized spacial score (nSPS) is 18.6. The van der Waals surface area contributed by atoms with E-state index in [1.807, 2.05) is 0 Å². The summed E-state index contributed by atoms with van der Waals surface area (Å²) in [5, 5.41) is 0. The molecule has 2 aromatic carbocycles. The molecule has 2 aromatic heterocycles. The maximum Gasteiger partial charge on any atom is 0.173 e. The smallest absolute Gasteiger partial charge is 0.173 e. The van der Waals surface area contributed by atoms with E-state index in [4.69, 9.17) is 0 Å². The van der Waals surface area contributed by atoms with Crippen LogP contribution in [-0.2, 0) is 25.9 Å². The van der Waals surface area contributed by atoms with Crippen LogP contribution in [0.3, 0.4) is 0 Å². The number of aryl methyl sites for hydroxylation is 4. The summed E-state index contributed by atoms with van der Waals surface area (Å²) in [5.41, 5.74) is 8.37. The van der Waals surface area contributed by atoms with Crippen LogP contribution in [0.25, 0.3) is 11.1 Å². The van der Waals surface area contributed by atoms with Crippen LogP contribution < -0.4 is 43.1 Å². The van der Waals surface area contributed by atoms with Crippen LogP contribution in [0.4, 0.5) is 0 Å². The predicted molar refractivity (Wildman–Crippen MR) is 171 cm³/mol. The third kappa shape index (κ3) is 8.87. The van der Waals surface area contributed by atoms with Crippen molar-refractivity contribution >= 4 is 0 Å². The second kappa shape index (κ2) is 16.8. The number of hydrogen-bond donors (Lipinski definition) is 0. The zero-order valence-electron chi connectivity index (χ0n) is 26.4. The van der Waals surface area contributed by atoms with Gasteiger partial charge in [-0.1, -0.05) is 48.5 Å². The fourth-order valence-electron chi connectivity index (χ4n) is 7.08. The van der Waals surface area contributed by atoms with Crippen molar-refractivity contribution in [2.75, 3.05) is 27.2 Å². The summed E-state index contributed by atoms with van der Waals surface area (Å²) in [6.45, 7) is 4.56. The Morgan fingerprint density at radius 2 is 1.00 bits per heavy atom. The molecule has 6 rings (SSSR count). The molecule has 2 unspecified atom stereocenters. The van der Waals surface area contributed by atoms with Crippen molar-refractivity contribution in [1.29, 1.82) is 0 Å². The minimum Gasteiger partial charge on any atom is -1.00 e. The van der Waals surface area contributed by atoms with Crippen molar-refractivity contribution in [2.45, 2.75) is 76.5 Å². The number of halogens is 2. The van der Waals surface area contributed by atoms with Crippen LogP contribution in [0.15, 0.2) is 97.6 Å². The number of nitrogens with zero attached hydrogens (tertiary/aromatic N) is 4. The predicted octanol–water partition coefficient (Wildman–Crippen LogP) is 0.736. The molecule has 2 fully saturated rings. The van der Waals surface area contributed by atoms with Crippen molar-refractivity contribution < 1.29 is 43.1 Å². The van der Waals surface area contributed by atoms with Gasteiger partial charge in [0, 0.05) is 48.2 Å². The van der Waals surface area contributed by atoms with E-state index in [0.29, 0.717) is 12.1 Å². The molecular weight excluding hydrogens is 672 g/mol. The van der Waals surface area contributed by atoms with E-state index in [2.05, 4.69) is 131 Å². The van der Waals surface area contributed by atoms with Gasteiger partial charge in [0.05, 0.1) is 0 Å². The van der Waals surface area contributed by atoms with Crippen molar-refractivity contribution in [3.63, 3.8) is 0 Å². The Morgan fingerprint density at radius 3 is 1.36 bits per heavy atom. The molecule has 4 nitrogen and oxygen atoms in total. The average molecular weight is 721 g/mol. The van der Waals surface area contributed by atoms with Gasteiger partial charge in [0.15, 0.2) is 24.8 Å². The minimum absolute atomic E-state index is 0. The van der Waals surface area contributed by atoms with Gasteiger partial charge in [-0.05, 0) is 100 Å². The van der Waals surface area contributed by atoms with E-state index in [1.54, 1.807) is 0 Å². The monoisotopic (exact) mass is 718 g/mol. The van der Waals surface area contributed by atoms with Crippen molar-refractivity contribution in [1.82, 2.24) is 9.80 Å². The van der Waals surface area contributed by atoms with Crippen LogP contribution in [0.5, 0.6) is 0 Å². The molecule has 0 spiro atoms. The second-order valence-corrected chi connectivity index (χ2v) is 12.6. The van der Waals surface area contributed by atoms with Gasteiger partial charge in [-0.15, -0.1) is 0 Å².